The fourth-order valence-corrected chi connectivity index (χ4v) is 1.89. The molecule has 1 aromatic rings. The summed E-state index contributed by atoms with van der Waals surface area (Å²) in [7, 11) is 3.99. The summed E-state index contributed by atoms with van der Waals surface area (Å²) in [6.07, 6.45) is 0. The summed E-state index contributed by atoms with van der Waals surface area (Å²) in [5, 5.41) is 3.05. The van der Waals surface area contributed by atoms with Crippen molar-refractivity contribution in [3.05, 3.63) is 23.4 Å². The Hall–Kier alpha value is -1.62. The fraction of sp³-hybridized carbons (Fsp3) is 0.571. The number of hydrogen-bond acceptors (Lipinski definition) is 4. The van der Waals surface area contributed by atoms with E-state index in [2.05, 4.69) is 29.0 Å². The van der Waals surface area contributed by atoms with Gasteiger partial charge in [-0.25, -0.2) is 4.98 Å². The lowest BCUT2D eigenvalue weighted by atomic mass is 10.0. The van der Waals surface area contributed by atoms with Gasteiger partial charge in [-0.3, -0.25) is 4.79 Å². The average molecular weight is 264 g/mol. The van der Waals surface area contributed by atoms with Gasteiger partial charge in [0.25, 0.3) is 5.91 Å². The van der Waals surface area contributed by atoms with Crippen molar-refractivity contribution in [1.29, 1.82) is 0 Å². The molecular weight excluding hydrogens is 240 g/mol. The van der Waals surface area contributed by atoms with Gasteiger partial charge in [-0.1, -0.05) is 13.8 Å². The lowest BCUT2D eigenvalue weighted by molar-refractivity contribution is 0.0916. The molecule has 5 heteroatoms. The van der Waals surface area contributed by atoms with Crippen molar-refractivity contribution < 1.29 is 4.79 Å². The third-order valence-electron chi connectivity index (χ3n) is 2.92. The van der Waals surface area contributed by atoms with Crippen LogP contribution in [0.4, 0.5) is 5.82 Å². The Morgan fingerprint density at radius 3 is 2.53 bits per heavy atom. The number of pyridine rings is 1. The van der Waals surface area contributed by atoms with Crippen molar-refractivity contribution >= 4 is 11.7 Å². The van der Waals surface area contributed by atoms with E-state index in [0.29, 0.717) is 17.3 Å². The molecule has 0 fully saturated rings. The van der Waals surface area contributed by atoms with Gasteiger partial charge in [-0.2, -0.15) is 0 Å². The first-order valence-corrected chi connectivity index (χ1v) is 6.49. The molecule has 0 saturated heterocycles. The Balaban J connectivity index is 2.81. The van der Waals surface area contributed by atoms with Crippen LogP contribution in [-0.2, 0) is 0 Å². The predicted octanol–water partition coefficient (Wildman–Crippen LogP) is 1.29. The normalized spacial score (nSPS) is 12.8. The molecule has 0 aliphatic rings. The number of aryl methyl sites for hydroxylation is 1. The summed E-state index contributed by atoms with van der Waals surface area (Å²) in [5.74, 6) is 0.642. The maximum absolute atomic E-state index is 12.2. The minimum absolute atomic E-state index is 0.0993. The zero-order valence-corrected chi connectivity index (χ0v) is 12.4. The SMILES string of the molecule is Cc1cc(C(=O)NC(CN(C)C)C(C)C)cc(N)n1. The number of anilines is 1. The van der Waals surface area contributed by atoms with E-state index in [9.17, 15) is 4.79 Å². The number of likely N-dealkylation sites (N-methyl/N-ethyl adjacent to an activating group) is 1. The lowest BCUT2D eigenvalue weighted by Gasteiger charge is -2.25. The van der Waals surface area contributed by atoms with Crippen molar-refractivity contribution in [2.75, 3.05) is 26.4 Å². The van der Waals surface area contributed by atoms with Crippen molar-refractivity contribution in [3.63, 3.8) is 0 Å². The number of nitrogens with two attached hydrogens (primary N) is 1. The monoisotopic (exact) mass is 264 g/mol. The molecule has 1 atom stereocenters. The molecule has 0 bridgehead atoms. The Morgan fingerprint density at radius 1 is 1.42 bits per heavy atom. The number of nitrogen functional groups attached to an aromatic ring is 1. The van der Waals surface area contributed by atoms with Gasteiger partial charge in [0.05, 0.1) is 0 Å². The summed E-state index contributed by atoms with van der Waals surface area (Å²) in [4.78, 5) is 18.4. The second-order valence-corrected chi connectivity index (χ2v) is 5.51. The van der Waals surface area contributed by atoms with Gasteiger partial charge in [0.15, 0.2) is 0 Å². The Morgan fingerprint density at radius 2 is 2.05 bits per heavy atom. The van der Waals surface area contributed by atoms with Crippen molar-refractivity contribution in [3.8, 4) is 0 Å². The van der Waals surface area contributed by atoms with Gasteiger partial charge in [0.1, 0.15) is 5.82 Å². The molecule has 19 heavy (non-hydrogen) atoms. The maximum Gasteiger partial charge on any atom is 0.251 e. The van der Waals surface area contributed by atoms with Crippen LogP contribution < -0.4 is 11.1 Å². The largest absolute Gasteiger partial charge is 0.384 e. The van der Waals surface area contributed by atoms with Crippen LogP contribution >= 0.6 is 0 Å². The quantitative estimate of drug-likeness (QED) is 0.840. The van der Waals surface area contributed by atoms with Crippen LogP contribution in [0.2, 0.25) is 0 Å². The summed E-state index contributed by atoms with van der Waals surface area (Å²) < 4.78 is 0. The summed E-state index contributed by atoms with van der Waals surface area (Å²) >= 11 is 0. The summed E-state index contributed by atoms with van der Waals surface area (Å²) in [5.41, 5.74) is 6.98. The number of nitrogens with one attached hydrogen (secondary N) is 1. The maximum atomic E-state index is 12.2. The highest BCUT2D eigenvalue weighted by Gasteiger charge is 2.18. The molecule has 0 spiro atoms. The molecule has 1 unspecified atom stereocenters. The fourth-order valence-electron chi connectivity index (χ4n) is 1.89. The highest BCUT2D eigenvalue weighted by molar-refractivity contribution is 5.95. The van der Waals surface area contributed by atoms with Crippen molar-refractivity contribution in [2.24, 2.45) is 5.92 Å². The number of amides is 1. The molecule has 0 saturated carbocycles. The Labute approximate surface area is 115 Å². The van der Waals surface area contributed by atoms with E-state index in [0.717, 1.165) is 12.2 Å². The van der Waals surface area contributed by atoms with Crippen molar-refractivity contribution in [1.82, 2.24) is 15.2 Å². The summed E-state index contributed by atoms with van der Waals surface area (Å²) in [6.45, 7) is 6.83. The van der Waals surface area contributed by atoms with E-state index in [-0.39, 0.29) is 11.9 Å². The van der Waals surface area contributed by atoms with Gasteiger partial charge in [-0.05, 0) is 39.1 Å². The standard InChI is InChI=1S/C14H24N4O/c1-9(2)12(8-18(4)5)17-14(19)11-6-10(3)16-13(15)7-11/h6-7,9,12H,8H2,1-5H3,(H2,15,16)(H,17,19). The van der Waals surface area contributed by atoms with Crippen LogP contribution in [0, 0.1) is 12.8 Å². The van der Waals surface area contributed by atoms with Gasteiger partial charge in [0.2, 0.25) is 0 Å². The Kier molecular flexibility index (Phi) is 5.30. The lowest BCUT2D eigenvalue weighted by Crippen LogP contribution is -2.45. The molecule has 0 radical (unpaired) electrons. The third kappa shape index (κ3) is 4.87. The average Bonchev–Trinajstić information content (AvgIpc) is 2.25. The van der Waals surface area contributed by atoms with E-state index in [1.54, 1.807) is 12.1 Å². The van der Waals surface area contributed by atoms with Crippen LogP contribution in [0.25, 0.3) is 0 Å². The van der Waals surface area contributed by atoms with E-state index >= 15 is 0 Å². The predicted molar refractivity (Wildman–Crippen MR) is 78.0 cm³/mol. The molecule has 0 aliphatic heterocycles. The third-order valence-corrected chi connectivity index (χ3v) is 2.92. The smallest absolute Gasteiger partial charge is 0.251 e. The highest BCUT2D eigenvalue weighted by atomic mass is 16.1. The number of rotatable bonds is 5. The van der Waals surface area contributed by atoms with Crippen LogP contribution in [0.5, 0.6) is 0 Å². The van der Waals surface area contributed by atoms with Crippen LogP contribution in [-0.4, -0.2) is 42.5 Å². The molecule has 5 nitrogen and oxygen atoms in total. The first-order chi connectivity index (χ1) is 8.79. The number of nitrogens with zero attached hydrogens (tertiary/aromatic N) is 2. The second-order valence-electron chi connectivity index (χ2n) is 5.51. The highest BCUT2D eigenvalue weighted by Crippen LogP contribution is 2.09. The van der Waals surface area contributed by atoms with Gasteiger partial charge >= 0.3 is 0 Å². The number of hydrogen-bond donors (Lipinski definition) is 2. The molecule has 0 aromatic carbocycles. The van der Waals surface area contributed by atoms with Gasteiger partial charge in [0, 0.05) is 23.8 Å². The Bertz CT molecular complexity index is 423. The van der Waals surface area contributed by atoms with Gasteiger partial charge < -0.3 is 16.0 Å². The second kappa shape index (κ2) is 6.52. The zero-order chi connectivity index (χ0) is 14.6. The molecule has 1 rings (SSSR count). The molecule has 3 N–H and O–H groups in total. The first-order valence-electron chi connectivity index (χ1n) is 6.49. The number of carbonyl (C=O) groups is 1. The van der Waals surface area contributed by atoms with E-state index in [1.165, 1.54) is 0 Å². The molecular formula is C14H24N4O. The summed E-state index contributed by atoms with van der Waals surface area (Å²) in [6, 6.07) is 3.46. The number of carbonyl (C=O) groups excluding carboxylic acids is 1. The number of aromatic nitrogens is 1. The van der Waals surface area contributed by atoms with Crippen LogP contribution in [0.15, 0.2) is 12.1 Å². The molecule has 1 heterocycles. The zero-order valence-electron chi connectivity index (χ0n) is 12.4. The van der Waals surface area contributed by atoms with Gasteiger partial charge in [-0.15, -0.1) is 0 Å². The van der Waals surface area contributed by atoms with Crippen molar-refractivity contribution in [2.45, 2.75) is 26.8 Å². The topological polar surface area (TPSA) is 71.2 Å². The molecule has 106 valence electrons. The van der Waals surface area contributed by atoms with E-state index < -0.39 is 0 Å². The van der Waals surface area contributed by atoms with E-state index in [4.69, 9.17) is 5.73 Å². The molecule has 0 aliphatic carbocycles. The minimum atomic E-state index is -0.0993. The molecule has 1 aromatic heterocycles. The van der Waals surface area contributed by atoms with E-state index in [1.807, 2.05) is 21.0 Å². The molecule has 1 amide bonds. The minimum Gasteiger partial charge on any atom is -0.384 e. The van der Waals surface area contributed by atoms with Crippen LogP contribution in [0.1, 0.15) is 29.9 Å². The first kappa shape index (κ1) is 15.4. The van der Waals surface area contributed by atoms with Crippen LogP contribution in [0.3, 0.4) is 0 Å².